The van der Waals surface area contributed by atoms with Crippen LogP contribution in [0.1, 0.15) is 27.4 Å². The fourth-order valence-corrected chi connectivity index (χ4v) is 3.58. The Kier molecular flexibility index (Phi) is 5.80. The van der Waals surface area contributed by atoms with Crippen LogP contribution < -0.4 is 5.32 Å². The van der Waals surface area contributed by atoms with Gasteiger partial charge in [0.25, 0.3) is 5.91 Å². The Morgan fingerprint density at radius 2 is 1.87 bits per heavy atom. The predicted octanol–water partition coefficient (Wildman–Crippen LogP) is 5.64. The molecule has 0 bridgehead atoms. The molecule has 0 aliphatic heterocycles. The number of benzene rings is 2. The highest BCUT2D eigenvalue weighted by molar-refractivity contribution is 6.31. The van der Waals surface area contributed by atoms with Crippen molar-refractivity contribution in [2.75, 3.05) is 5.32 Å². The number of hydrogen-bond donors (Lipinski definition) is 2. The maximum Gasteiger partial charge on any atom is 0.273 e. The lowest BCUT2D eigenvalue weighted by atomic mass is 10.1. The summed E-state index contributed by atoms with van der Waals surface area (Å²) in [4.78, 5) is 12.8. The van der Waals surface area contributed by atoms with Gasteiger partial charge in [-0.3, -0.25) is 14.6 Å². The average Bonchev–Trinajstić information content (AvgIpc) is 3.32. The van der Waals surface area contributed by atoms with Crippen molar-refractivity contribution in [3.8, 4) is 11.3 Å². The number of halogens is 3. The second-order valence-electron chi connectivity index (χ2n) is 7.07. The lowest BCUT2D eigenvalue weighted by Crippen LogP contribution is -2.14. The molecule has 4 aromatic rings. The monoisotopic (exact) mass is 457 g/mol. The van der Waals surface area contributed by atoms with Crippen LogP contribution in [0.25, 0.3) is 11.3 Å². The molecule has 0 aliphatic rings. The molecule has 0 fully saturated rings. The van der Waals surface area contributed by atoms with Gasteiger partial charge in [0.2, 0.25) is 0 Å². The number of carbonyl (C=O) groups excluding carboxylic acids is 1. The molecule has 1 amide bonds. The minimum Gasteiger partial charge on any atom is -0.318 e. The van der Waals surface area contributed by atoms with E-state index >= 15 is 0 Å². The number of anilines is 1. The van der Waals surface area contributed by atoms with Crippen molar-refractivity contribution >= 4 is 34.8 Å². The van der Waals surface area contributed by atoms with Gasteiger partial charge in [0, 0.05) is 15.6 Å². The summed E-state index contributed by atoms with van der Waals surface area (Å²) < 4.78 is 15.0. The Morgan fingerprint density at radius 3 is 2.58 bits per heavy atom. The number of nitrogens with one attached hydrogen (secondary N) is 2. The lowest BCUT2D eigenvalue weighted by molar-refractivity contribution is 0.102. The van der Waals surface area contributed by atoms with Gasteiger partial charge in [-0.25, -0.2) is 4.39 Å². The van der Waals surface area contributed by atoms with E-state index in [9.17, 15) is 9.18 Å². The molecule has 2 heterocycles. The van der Waals surface area contributed by atoms with Crippen LogP contribution in [0.5, 0.6) is 0 Å². The van der Waals surface area contributed by atoms with Gasteiger partial charge in [-0.2, -0.15) is 10.2 Å². The standard InChI is InChI=1S/C22H18Cl2FN5O/c1-12-21(13(2)30(29-12)11-15-5-8-17(25)9-18(15)24)26-22(31)20-10-19(27-28-20)14-3-6-16(23)7-4-14/h3-10H,11H2,1-2H3,(H,26,31)(H,27,28). The topological polar surface area (TPSA) is 75.6 Å². The molecule has 158 valence electrons. The van der Waals surface area contributed by atoms with Gasteiger partial charge in [0.15, 0.2) is 0 Å². The molecule has 0 radical (unpaired) electrons. The van der Waals surface area contributed by atoms with E-state index in [1.54, 1.807) is 35.9 Å². The Morgan fingerprint density at radius 1 is 1.13 bits per heavy atom. The molecule has 2 aromatic carbocycles. The van der Waals surface area contributed by atoms with E-state index in [1.807, 2.05) is 19.1 Å². The van der Waals surface area contributed by atoms with Crippen LogP contribution in [0.15, 0.2) is 48.5 Å². The number of H-pyrrole nitrogens is 1. The third-order valence-corrected chi connectivity index (χ3v) is 5.52. The molecule has 31 heavy (non-hydrogen) atoms. The Balaban J connectivity index is 1.53. The highest BCUT2D eigenvalue weighted by atomic mass is 35.5. The first-order valence-electron chi connectivity index (χ1n) is 9.42. The van der Waals surface area contributed by atoms with Crippen LogP contribution in [0, 0.1) is 19.7 Å². The zero-order valence-electron chi connectivity index (χ0n) is 16.7. The number of aryl methyl sites for hydroxylation is 1. The summed E-state index contributed by atoms with van der Waals surface area (Å²) in [7, 11) is 0. The highest BCUT2D eigenvalue weighted by Gasteiger charge is 2.18. The van der Waals surface area contributed by atoms with E-state index in [4.69, 9.17) is 23.2 Å². The van der Waals surface area contributed by atoms with Gasteiger partial charge in [-0.15, -0.1) is 0 Å². The van der Waals surface area contributed by atoms with Gasteiger partial charge in [0.05, 0.1) is 29.3 Å². The first-order valence-corrected chi connectivity index (χ1v) is 10.2. The second kappa shape index (κ2) is 8.53. The molecule has 0 unspecified atom stereocenters. The fourth-order valence-electron chi connectivity index (χ4n) is 3.23. The van der Waals surface area contributed by atoms with Crippen molar-refractivity contribution in [2.24, 2.45) is 0 Å². The van der Waals surface area contributed by atoms with E-state index in [0.717, 1.165) is 16.8 Å². The van der Waals surface area contributed by atoms with Gasteiger partial charge in [0.1, 0.15) is 11.5 Å². The maximum absolute atomic E-state index is 13.3. The van der Waals surface area contributed by atoms with Gasteiger partial charge in [-0.05, 0) is 49.7 Å². The molecular formula is C22H18Cl2FN5O. The average molecular weight is 458 g/mol. The normalized spacial score (nSPS) is 11.0. The van der Waals surface area contributed by atoms with Crippen molar-refractivity contribution in [3.05, 3.63) is 87.0 Å². The molecule has 2 N–H and O–H groups in total. The molecule has 9 heteroatoms. The number of carbonyl (C=O) groups is 1. The number of hydrogen-bond acceptors (Lipinski definition) is 3. The number of aromatic nitrogens is 4. The Labute approximate surface area is 188 Å². The lowest BCUT2D eigenvalue weighted by Gasteiger charge is -2.08. The molecular weight excluding hydrogens is 440 g/mol. The summed E-state index contributed by atoms with van der Waals surface area (Å²) in [6.45, 7) is 4.00. The molecule has 2 aromatic heterocycles. The first-order chi connectivity index (χ1) is 14.8. The van der Waals surface area contributed by atoms with Crippen molar-refractivity contribution < 1.29 is 9.18 Å². The summed E-state index contributed by atoms with van der Waals surface area (Å²) in [5.74, 6) is -0.731. The van der Waals surface area contributed by atoms with E-state index in [0.29, 0.717) is 39.4 Å². The summed E-state index contributed by atoms with van der Waals surface area (Å²) >= 11 is 12.1. The van der Waals surface area contributed by atoms with Crippen LogP contribution in [0.3, 0.4) is 0 Å². The van der Waals surface area contributed by atoms with Crippen LogP contribution in [-0.4, -0.2) is 25.9 Å². The molecule has 0 saturated carbocycles. The van der Waals surface area contributed by atoms with Crippen LogP contribution in [-0.2, 0) is 6.54 Å². The SMILES string of the molecule is Cc1nn(Cc2ccc(F)cc2Cl)c(C)c1NC(=O)c1cc(-c2ccc(Cl)cc2)n[nH]1. The Hall–Kier alpha value is -3.16. The molecule has 0 atom stereocenters. The predicted molar refractivity (Wildman–Crippen MR) is 119 cm³/mol. The largest absolute Gasteiger partial charge is 0.318 e. The zero-order valence-corrected chi connectivity index (χ0v) is 18.2. The minimum atomic E-state index is -0.396. The summed E-state index contributed by atoms with van der Waals surface area (Å²) in [5, 5.41) is 15.3. The summed E-state index contributed by atoms with van der Waals surface area (Å²) in [5.41, 5.74) is 4.54. The first kappa shape index (κ1) is 21.1. The van der Waals surface area contributed by atoms with E-state index in [2.05, 4.69) is 20.6 Å². The fraction of sp³-hybridized carbons (Fsp3) is 0.136. The molecule has 0 saturated heterocycles. The third-order valence-electron chi connectivity index (χ3n) is 4.92. The maximum atomic E-state index is 13.3. The van der Waals surface area contributed by atoms with E-state index < -0.39 is 5.82 Å². The molecule has 4 rings (SSSR count). The van der Waals surface area contributed by atoms with E-state index in [-0.39, 0.29) is 5.91 Å². The van der Waals surface area contributed by atoms with Crippen molar-refractivity contribution in [2.45, 2.75) is 20.4 Å². The van der Waals surface area contributed by atoms with E-state index in [1.165, 1.54) is 12.1 Å². The highest BCUT2D eigenvalue weighted by Crippen LogP contribution is 2.25. The van der Waals surface area contributed by atoms with Gasteiger partial charge >= 0.3 is 0 Å². The smallest absolute Gasteiger partial charge is 0.273 e. The van der Waals surface area contributed by atoms with Gasteiger partial charge < -0.3 is 5.32 Å². The molecule has 0 spiro atoms. The van der Waals surface area contributed by atoms with Crippen molar-refractivity contribution in [1.82, 2.24) is 20.0 Å². The molecule has 6 nitrogen and oxygen atoms in total. The third kappa shape index (κ3) is 4.47. The quantitative estimate of drug-likeness (QED) is 0.407. The van der Waals surface area contributed by atoms with Gasteiger partial charge in [-0.1, -0.05) is 41.4 Å². The Bertz CT molecular complexity index is 1260. The van der Waals surface area contributed by atoms with Crippen LogP contribution in [0.2, 0.25) is 10.0 Å². The van der Waals surface area contributed by atoms with Crippen molar-refractivity contribution in [1.29, 1.82) is 0 Å². The number of aromatic amines is 1. The molecule has 0 aliphatic carbocycles. The zero-order chi connectivity index (χ0) is 22.1. The van der Waals surface area contributed by atoms with Crippen molar-refractivity contribution in [3.63, 3.8) is 0 Å². The number of nitrogens with zero attached hydrogens (tertiary/aromatic N) is 3. The second-order valence-corrected chi connectivity index (χ2v) is 7.91. The van der Waals surface area contributed by atoms with Crippen LogP contribution in [0.4, 0.5) is 10.1 Å². The summed E-state index contributed by atoms with van der Waals surface area (Å²) in [6.07, 6.45) is 0. The minimum absolute atomic E-state index is 0.318. The van der Waals surface area contributed by atoms with Crippen LogP contribution >= 0.6 is 23.2 Å². The number of rotatable bonds is 5. The summed E-state index contributed by atoms with van der Waals surface area (Å²) in [6, 6.07) is 13.1. The number of amides is 1.